The third-order valence-electron chi connectivity index (χ3n) is 4.02. The molecular formula is C16H20ClN5O. The number of urea groups is 1. The lowest BCUT2D eigenvalue weighted by Gasteiger charge is -2.19. The number of benzene rings is 1. The first-order valence-electron chi connectivity index (χ1n) is 7.63. The van der Waals surface area contributed by atoms with Gasteiger partial charge in [0.2, 0.25) is 0 Å². The zero-order valence-corrected chi connectivity index (χ0v) is 13.8. The zero-order valence-electron chi connectivity index (χ0n) is 13.0. The Hall–Kier alpha value is -2.21. The first-order valence-corrected chi connectivity index (χ1v) is 8.00. The van der Waals surface area contributed by atoms with Gasteiger partial charge < -0.3 is 20.1 Å². The Morgan fingerprint density at radius 2 is 2.35 bits per heavy atom. The molecule has 3 rings (SSSR count). The molecule has 7 heteroatoms. The third-order valence-corrected chi connectivity index (χ3v) is 4.26. The smallest absolute Gasteiger partial charge is 0.315 e. The van der Waals surface area contributed by atoms with Crippen molar-refractivity contribution in [2.45, 2.75) is 19.0 Å². The number of imidazole rings is 1. The largest absolute Gasteiger partial charge is 0.369 e. The molecule has 1 atom stereocenters. The lowest BCUT2D eigenvalue weighted by atomic mass is 10.3. The van der Waals surface area contributed by atoms with E-state index in [1.165, 1.54) is 0 Å². The van der Waals surface area contributed by atoms with E-state index >= 15 is 0 Å². The summed E-state index contributed by atoms with van der Waals surface area (Å²) in [5.74, 6) is 0.826. The maximum atomic E-state index is 12.0. The number of amides is 2. The van der Waals surface area contributed by atoms with Crippen LogP contribution in [0, 0.1) is 0 Å². The standard InChI is InChI=1S/C16H20ClN5O/c1-21-8-6-18-15(21)10-19-16(23)20-13-5-7-22(11-13)14-4-2-3-12(17)9-14/h2-4,6,8-9,13H,5,7,10-11H2,1H3,(H2,19,20,23)/t13-/m0/s1. The third kappa shape index (κ3) is 3.96. The summed E-state index contributed by atoms with van der Waals surface area (Å²) in [5.41, 5.74) is 1.09. The first-order chi connectivity index (χ1) is 11.1. The molecule has 0 saturated carbocycles. The van der Waals surface area contributed by atoms with Crippen molar-refractivity contribution in [1.82, 2.24) is 20.2 Å². The normalized spacial score (nSPS) is 17.3. The van der Waals surface area contributed by atoms with Gasteiger partial charge in [-0.15, -0.1) is 0 Å². The second kappa shape index (κ2) is 6.91. The SMILES string of the molecule is Cn1ccnc1CNC(=O)N[C@H]1CCN(c2cccc(Cl)c2)C1. The van der Waals surface area contributed by atoms with Crippen molar-refractivity contribution in [3.05, 3.63) is 47.5 Å². The highest BCUT2D eigenvalue weighted by Gasteiger charge is 2.24. The molecule has 1 aliphatic rings. The molecule has 1 aromatic heterocycles. The predicted octanol–water partition coefficient (Wildman–Crippen LogP) is 2.15. The molecule has 1 saturated heterocycles. The number of halogens is 1. The Balaban J connectivity index is 1.48. The maximum Gasteiger partial charge on any atom is 0.315 e. The Morgan fingerprint density at radius 1 is 1.48 bits per heavy atom. The van der Waals surface area contributed by atoms with E-state index in [-0.39, 0.29) is 12.1 Å². The van der Waals surface area contributed by atoms with Gasteiger partial charge in [-0.25, -0.2) is 9.78 Å². The van der Waals surface area contributed by atoms with Gasteiger partial charge in [-0.1, -0.05) is 17.7 Å². The van der Waals surface area contributed by atoms with Gasteiger partial charge in [-0.2, -0.15) is 0 Å². The molecule has 0 radical (unpaired) electrons. The minimum absolute atomic E-state index is 0.135. The van der Waals surface area contributed by atoms with E-state index in [1.54, 1.807) is 6.20 Å². The number of aryl methyl sites for hydroxylation is 1. The fraction of sp³-hybridized carbons (Fsp3) is 0.375. The molecule has 122 valence electrons. The molecule has 0 bridgehead atoms. The van der Waals surface area contributed by atoms with E-state index in [9.17, 15) is 4.79 Å². The summed E-state index contributed by atoms with van der Waals surface area (Å²) in [5, 5.41) is 6.59. The van der Waals surface area contributed by atoms with E-state index in [4.69, 9.17) is 11.6 Å². The number of carbonyl (C=O) groups is 1. The van der Waals surface area contributed by atoms with E-state index < -0.39 is 0 Å². The molecule has 2 N–H and O–H groups in total. The summed E-state index contributed by atoms with van der Waals surface area (Å²) in [4.78, 5) is 18.4. The van der Waals surface area contributed by atoms with Crippen LogP contribution < -0.4 is 15.5 Å². The van der Waals surface area contributed by atoms with Crippen LogP contribution in [0.15, 0.2) is 36.7 Å². The van der Waals surface area contributed by atoms with Gasteiger partial charge in [0.25, 0.3) is 0 Å². The van der Waals surface area contributed by atoms with Gasteiger partial charge in [0.1, 0.15) is 5.82 Å². The number of hydrogen-bond acceptors (Lipinski definition) is 3. The first kappa shape index (κ1) is 15.7. The lowest BCUT2D eigenvalue weighted by Crippen LogP contribution is -2.43. The Kier molecular flexibility index (Phi) is 4.71. The van der Waals surface area contributed by atoms with Crippen molar-refractivity contribution in [3.8, 4) is 0 Å². The van der Waals surface area contributed by atoms with Crippen LogP contribution in [-0.4, -0.2) is 34.7 Å². The topological polar surface area (TPSA) is 62.2 Å². The number of aromatic nitrogens is 2. The van der Waals surface area contributed by atoms with Crippen molar-refractivity contribution in [3.63, 3.8) is 0 Å². The van der Waals surface area contributed by atoms with Crippen molar-refractivity contribution in [2.75, 3.05) is 18.0 Å². The van der Waals surface area contributed by atoms with Crippen LogP contribution in [0.3, 0.4) is 0 Å². The molecule has 0 spiro atoms. The fourth-order valence-electron chi connectivity index (χ4n) is 2.75. The molecule has 0 aliphatic carbocycles. The average Bonchev–Trinajstić information content (AvgIpc) is 3.14. The van der Waals surface area contributed by atoms with Crippen LogP contribution in [0.5, 0.6) is 0 Å². The minimum atomic E-state index is -0.161. The fourth-order valence-corrected chi connectivity index (χ4v) is 2.93. The van der Waals surface area contributed by atoms with Crippen molar-refractivity contribution in [2.24, 2.45) is 7.05 Å². The predicted molar refractivity (Wildman–Crippen MR) is 90.6 cm³/mol. The molecular weight excluding hydrogens is 314 g/mol. The van der Waals surface area contributed by atoms with E-state index in [0.717, 1.165) is 36.0 Å². The highest BCUT2D eigenvalue weighted by molar-refractivity contribution is 6.30. The van der Waals surface area contributed by atoms with Gasteiger partial charge in [-0.3, -0.25) is 0 Å². The van der Waals surface area contributed by atoms with Crippen LogP contribution >= 0.6 is 11.6 Å². The zero-order chi connectivity index (χ0) is 16.2. The number of nitrogens with one attached hydrogen (secondary N) is 2. The maximum absolute atomic E-state index is 12.0. The Morgan fingerprint density at radius 3 is 3.09 bits per heavy atom. The summed E-state index contributed by atoms with van der Waals surface area (Å²) in [7, 11) is 1.90. The van der Waals surface area contributed by atoms with Gasteiger partial charge in [0.05, 0.1) is 6.54 Å². The van der Waals surface area contributed by atoms with Gasteiger partial charge in [0.15, 0.2) is 0 Å². The second-order valence-corrected chi connectivity index (χ2v) is 6.13. The molecule has 1 fully saturated rings. The highest BCUT2D eigenvalue weighted by Crippen LogP contribution is 2.23. The summed E-state index contributed by atoms with van der Waals surface area (Å²) < 4.78 is 1.89. The molecule has 6 nitrogen and oxygen atoms in total. The summed E-state index contributed by atoms with van der Waals surface area (Å²) in [6, 6.07) is 7.77. The van der Waals surface area contributed by atoms with E-state index in [0.29, 0.717) is 6.54 Å². The second-order valence-electron chi connectivity index (χ2n) is 5.69. The van der Waals surface area contributed by atoms with Crippen LogP contribution in [0.1, 0.15) is 12.2 Å². The number of nitrogens with zero attached hydrogens (tertiary/aromatic N) is 3. The van der Waals surface area contributed by atoms with Crippen LogP contribution in [0.25, 0.3) is 0 Å². The Bertz CT molecular complexity index is 687. The van der Waals surface area contributed by atoms with E-state index in [2.05, 4.69) is 20.5 Å². The van der Waals surface area contributed by atoms with Crippen molar-refractivity contribution >= 4 is 23.3 Å². The molecule has 1 aromatic carbocycles. The molecule has 23 heavy (non-hydrogen) atoms. The average molecular weight is 334 g/mol. The van der Waals surface area contributed by atoms with Crippen LogP contribution in [0.4, 0.5) is 10.5 Å². The van der Waals surface area contributed by atoms with E-state index in [1.807, 2.05) is 42.1 Å². The van der Waals surface area contributed by atoms with Crippen LogP contribution in [-0.2, 0) is 13.6 Å². The lowest BCUT2D eigenvalue weighted by molar-refractivity contribution is 0.237. The summed E-state index contributed by atoms with van der Waals surface area (Å²) in [6.07, 6.45) is 4.49. The number of rotatable bonds is 4. The highest BCUT2D eigenvalue weighted by atomic mass is 35.5. The monoisotopic (exact) mass is 333 g/mol. The Labute approximate surface area is 140 Å². The van der Waals surface area contributed by atoms with Crippen molar-refractivity contribution in [1.29, 1.82) is 0 Å². The quantitative estimate of drug-likeness (QED) is 0.901. The van der Waals surface area contributed by atoms with Gasteiger partial charge >= 0.3 is 6.03 Å². The summed E-state index contributed by atoms with van der Waals surface area (Å²) >= 11 is 6.03. The van der Waals surface area contributed by atoms with Crippen LogP contribution in [0.2, 0.25) is 5.02 Å². The van der Waals surface area contributed by atoms with Gasteiger partial charge in [0, 0.05) is 49.3 Å². The summed E-state index contributed by atoms with van der Waals surface area (Å²) in [6.45, 7) is 2.11. The van der Waals surface area contributed by atoms with Crippen molar-refractivity contribution < 1.29 is 4.79 Å². The molecule has 2 aromatic rings. The molecule has 2 heterocycles. The minimum Gasteiger partial charge on any atom is -0.369 e. The number of hydrogen-bond donors (Lipinski definition) is 2. The molecule has 0 unspecified atom stereocenters. The molecule has 2 amide bonds. The number of carbonyl (C=O) groups excluding carboxylic acids is 1. The van der Waals surface area contributed by atoms with Gasteiger partial charge in [-0.05, 0) is 24.6 Å². The molecule has 1 aliphatic heterocycles. The number of anilines is 1.